The lowest BCUT2D eigenvalue weighted by Gasteiger charge is -2.05. The van der Waals surface area contributed by atoms with E-state index in [1.165, 1.54) is 12.5 Å². The summed E-state index contributed by atoms with van der Waals surface area (Å²) in [5, 5.41) is 2.66. The Morgan fingerprint density at radius 2 is 1.67 bits per heavy atom. The van der Waals surface area contributed by atoms with Crippen LogP contribution < -0.4 is 10.1 Å². The molecule has 2 aromatic carbocycles. The van der Waals surface area contributed by atoms with Gasteiger partial charge >= 0.3 is 5.97 Å². The minimum atomic E-state index is -0.249. The number of anilines is 1. The Labute approximate surface area is 176 Å². The Morgan fingerprint density at radius 3 is 2.37 bits per heavy atom. The molecule has 0 saturated carbocycles. The van der Waals surface area contributed by atoms with Crippen LogP contribution >= 0.6 is 0 Å². The van der Waals surface area contributed by atoms with E-state index in [1.807, 2.05) is 61.5 Å². The lowest BCUT2D eigenvalue weighted by atomic mass is 10.1. The standard InChI is InChI=1S/C25H24N2O3/c1-18-3-5-20(6-4-18)11-14-25(29)30-23-12-9-21(10-13-23)7-8-22-15-16-26-24(17-22)27-19(2)28/h3-10,12-13,15-17H,11,14H2,1-2H3,(H,26,27,28)/b8-7+. The van der Waals surface area contributed by atoms with Crippen LogP contribution in [0.2, 0.25) is 0 Å². The van der Waals surface area contributed by atoms with Gasteiger partial charge in [-0.15, -0.1) is 0 Å². The van der Waals surface area contributed by atoms with Crippen molar-refractivity contribution in [2.45, 2.75) is 26.7 Å². The van der Waals surface area contributed by atoms with Gasteiger partial charge in [-0.1, -0.05) is 54.1 Å². The molecule has 5 heteroatoms. The van der Waals surface area contributed by atoms with Crippen LogP contribution in [0.4, 0.5) is 5.82 Å². The highest BCUT2D eigenvalue weighted by Gasteiger charge is 2.05. The first-order valence-corrected chi connectivity index (χ1v) is 9.76. The van der Waals surface area contributed by atoms with Crippen molar-refractivity contribution in [1.82, 2.24) is 4.98 Å². The number of aryl methyl sites for hydroxylation is 2. The number of ether oxygens (including phenoxy) is 1. The quantitative estimate of drug-likeness (QED) is 0.445. The summed E-state index contributed by atoms with van der Waals surface area (Å²) in [6, 6.07) is 19.1. The maximum atomic E-state index is 12.1. The zero-order valence-electron chi connectivity index (χ0n) is 17.1. The van der Waals surface area contributed by atoms with Crippen LogP contribution in [-0.2, 0) is 16.0 Å². The Bertz CT molecular complexity index is 1040. The third kappa shape index (κ3) is 6.71. The first kappa shape index (κ1) is 21.0. The molecule has 1 N–H and O–H groups in total. The maximum Gasteiger partial charge on any atom is 0.311 e. The second kappa shape index (κ2) is 10.2. The Morgan fingerprint density at radius 1 is 0.967 bits per heavy atom. The number of amides is 1. The molecule has 1 heterocycles. The Kier molecular flexibility index (Phi) is 7.11. The lowest BCUT2D eigenvalue weighted by molar-refractivity contribution is -0.134. The summed E-state index contributed by atoms with van der Waals surface area (Å²) in [6.07, 6.45) is 6.51. The molecule has 0 atom stereocenters. The minimum Gasteiger partial charge on any atom is -0.427 e. The second-order valence-corrected chi connectivity index (χ2v) is 7.02. The number of rotatable bonds is 7. The van der Waals surface area contributed by atoms with Crippen molar-refractivity contribution in [3.8, 4) is 5.75 Å². The maximum absolute atomic E-state index is 12.1. The lowest BCUT2D eigenvalue weighted by Crippen LogP contribution is -2.09. The Hall–Kier alpha value is -3.73. The first-order valence-electron chi connectivity index (χ1n) is 9.76. The van der Waals surface area contributed by atoms with E-state index in [1.54, 1.807) is 24.4 Å². The molecule has 0 radical (unpaired) electrons. The van der Waals surface area contributed by atoms with Crippen molar-refractivity contribution >= 4 is 29.8 Å². The van der Waals surface area contributed by atoms with Gasteiger partial charge in [-0.05, 0) is 54.3 Å². The summed E-state index contributed by atoms with van der Waals surface area (Å²) in [7, 11) is 0. The summed E-state index contributed by atoms with van der Waals surface area (Å²) in [6.45, 7) is 3.48. The minimum absolute atomic E-state index is 0.160. The van der Waals surface area contributed by atoms with E-state index in [0.29, 0.717) is 24.4 Å². The SMILES string of the molecule is CC(=O)Nc1cc(/C=C/c2ccc(OC(=O)CCc3ccc(C)cc3)cc2)ccn1. The molecule has 3 aromatic rings. The molecule has 152 valence electrons. The highest BCUT2D eigenvalue weighted by Crippen LogP contribution is 2.16. The van der Waals surface area contributed by atoms with Crippen molar-refractivity contribution in [3.63, 3.8) is 0 Å². The molecular formula is C25H24N2O3. The topological polar surface area (TPSA) is 68.3 Å². The van der Waals surface area contributed by atoms with Crippen LogP contribution in [0.3, 0.4) is 0 Å². The molecule has 5 nitrogen and oxygen atoms in total. The molecule has 0 bridgehead atoms. The van der Waals surface area contributed by atoms with Gasteiger partial charge in [0.1, 0.15) is 11.6 Å². The number of nitrogens with zero attached hydrogens (tertiary/aromatic N) is 1. The summed E-state index contributed by atoms with van der Waals surface area (Å²) >= 11 is 0. The second-order valence-electron chi connectivity index (χ2n) is 7.02. The van der Waals surface area contributed by atoms with Crippen LogP contribution in [0.1, 0.15) is 35.6 Å². The van der Waals surface area contributed by atoms with E-state index in [-0.39, 0.29) is 11.9 Å². The van der Waals surface area contributed by atoms with Crippen molar-refractivity contribution in [1.29, 1.82) is 0 Å². The molecule has 0 aliphatic carbocycles. The van der Waals surface area contributed by atoms with E-state index in [0.717, 1.165) is 16.7 Å². The number of esters is 1. The van der Waals surface area contributed by atoms with Gasteiger partial charge in [0.2, 0.25) is 5.91 Å². The number of aromatic nitrogens is 1. The highest BCUT2D eigenvalue weighted by atomic mass is 16.5. The van der Waals surface area contributed by atoms with Crippen LogP contribution in [0.5, 0.6) is 5.75 Å². The van der Waals surface area contributed by atoms with E-state index >= 15 is 0 Å². The average molecular weight is 400 g/mol. The normalized spacial score (nSPS) is 10.7. The summed E-state index contributed by atoms with van der Waals surface area (Å²) in [5.74, 6) is 0.629. The molecule has 0 saturated heterocycles. The molecule has 1 amide bonds. The van der Waals surface area contributed by atoms with Gasteiger partial charge in [0.05, 0.1) is 0 Å². The predicted molar refractivity (Wildman–Crippen MR) is 119 cm³/mol. The largest absolute Gasteiger partial charge is 0.427 e. The van der Waals surface area contributed by atoms with Gasteiger partial charge in [-0.25, -0.2) is 4.98 Å². The fourth-order valence-corrected chi connectivity index (χ4v) is 2.82. The van der Waals surface area contributed by atoms with Crippen molar-refractivity contribution in [3.05, 3.63) is 89.1 Å². The molecule has 0 aliphatic rings. The van der Waals surface area contributed by atoms with E-state index in [9.17, 15) is 9.59 Å². The van der Waals surface area contributed by atoms with Gasteiger partial charge in [0.25, 0.3) is 0 Å². The zero-order chi connectivity index (χ0) is 21.3. The molecule has 3 rings (SSSR count). The fourth-order valence-electron chi connectivity index (χ4n) is 2.82. The number of carbonyl (C=O) groups excluding carboxylic acids is 2. The number of pyridine rings is 1. The van der Waals surface area contributed by atoms with Crippen molar-refractivity contribution < 1.29 is 14.3 Å². The molecule has 0 unspecified atom stereocenters. The van der Waals surface area contributed by atoms with Crippen molar-refractivity contribution in [2.24, 2.45) is 0 Å². The third-order valence-corrected chi connectivity index (χ3v) is 4.41. The summed E-state index contributed by atoms with van der Waals surface area (Å²) < 4.78 is 5.42. The van der Waals surface area contributed by atoms with Crippen LogP contribution in [0, 0.1) is 6.92 Å². The van der Waals surface area contributed by atoms with Gasteiger partial charge in [0.15, 0.2) is 0 Å². The number of carbonyl (C=O) groups is 2. The van der Waals surface area contributed by atoms with Crippen LogP contribution in [-0.4, -0.2) is 16.9 Å². The van der Waals surface area contributed by atoms with Crippen LogP contribution in [0.25, 0.3) is 12.2 Å². The van der Waals surface area contributed by atoms with E-state index < -0.39 is 0 Å². The molecule has 0 aliphatic heterocycles. The van der Waals surface area contributed by atoms with E-state index in [4.69, 9.17) is 4.74 Å². The first-order chi connectivity index (χ1) is 14.5. The molecule has 30 heavy (non-hydrogen) atoms. The highest BCUT2D eigenvalue weighted by molar-refractivity contribution is 5.88. The van der Waals surface area contributed by atoms with Gasteiger partial charge in [-0.3, -0.25) is 9.59 Å². The summed E-state index contributed by atoms with van der Waals surface area (Å²) in [4.78, 5) is 27.3. The van der Waals surface area contributed by atoms with E-state index in [2.05, 4.69) is 10.3 Å². The number of hydrogen-bond acceptors (Lipinski definition) is 4. The Balaban J connectivity index is 1.53. The third-order valence-electron chi connectivity index (χ3n) is 4.41. The van der Waals surface area contributed by atoms with Crippen molar-refractivity contribution in [2.75, 3.05) is 5.32 Å². The summed E-state index contributed by atoms with van der Waals surface area (Å²) in [5.41, 5.74) is 4.20. The number of nitrogens with one attached hydrogen (secondary N) is 1. The predicted octanol–water partition coefficient (Wildman–Crippen LogP) is 5.06. The molecule has 0 fully saturated rings. The number of hydrogen-bond donors (Lipinski definition) is 1. The monoisotopic (exact) mass is 400 g/mol. The van der Waals surface area contributed by atoms with Gasteiger partial charge in [-0.2, -0.15) is 0 Å². The fraction of sp³-hybridized carbons (Fsp3) is 0.160. The smallest absolute Gasteiger partial charge is 0.311 e. The number of benzene rings is 2. The molecule has 1 aromatic heterocycles. The molecular weight excluding hydrogens is 376 g/mol. The zero-order valence-corrected chi connectivity index (χ0v) is 17.1. The van der Waals surface area contributed by atoms with Gasteiger partial charge < -0.3 is 10.1 Å². The van der Waals surface area contributed by atoms with Crippen LogP contribution in [0.15, 0.2) is 66.9 Å². The van der Waals surface area contributed by atoms with Gasteiger partial charge in [0, 0.05) is 19.5 Å². The molecule has 0 spiro atoms. The average Bonchev–Trinajstić information content (AvgIpc) is 2.73.